The Bertz CT molecular complexity index is 792. The quantitative estimate of drug-likeness (QED) is 0.762. The first-order chi connectivity index (χ1) is 9.66. The lowest BCUT2D eigenvalue weighted by Crippen LogP contribution is -1.97. The van der Waals surface area contributed by atoms with Crippen LogP contribution in [0.1, 0.15) is 16.1 Å². The fourth-order valence-corrected chi connectivity index (χ4v) is 2.38. The summed E-state index contributed by atoms with van der Waals surface area (Å²) in [5.41, 5.74) is 3.27. The van der Waals surface area contributed by atoms with Crippen LogP contribution < -0.4 is 0 Å². The molecule has 0 aliphatic carbocycles. The largest absolute Gasteiger partial charge is 0.478 e. The number of benzene rings is 2. The van der Waals surface area contributed by atoms with Crippen LogP contribution in [0.25, 0.3) is 21.9 Å². The summed E-state index contributed by atoms with van der Waals surface area (Å²) in [5.74, 6) is -0.908. The second kappa shape index (κ2) is 4.78. The first-order valence-corrected chi connectivity index (χ1v) is 6.35. The van der Waals surface area contributed by atoms with Crippen LogP contribution in [0.5, 0.6) is 0 Å². The third-order valence-corrected chi connectivity index (χ3v) is 3.37. The maximum absolute atomic E-state index is 11.3. The molecule has 3 aromatic rings. The standard InChI is InChI=1S/C17H13NO2/c1-11-8-9-12(10-18-11)13-4-2-6-15-14(13)5-3-7-16(15)17(19)20/h2-10H,1H3,(H,19,20). The fourth-order valence-electron chi connectivity index (χ4n) is 2.38. The Kier molecular flexibility index (Phi) is 2.95. The van der Waals surface area contributed by atoms with E-state index < -0.39 is 5.97 Å². The smallest absolute Gasteiger partial charge is 0.336 e. The van der Waals surface area contributed by atoms with E-state index in [0.29, 0.717) is 5.56 Å². The second-order valence-corrected chi connectivity index (χ2v) is 4.70. The first kappa shape index (κ1) is 12.4. The molecule has 1 N–H and O–H groups in total. The molecular formula is C17H13NO2. The van der Waals surface area contributed by atoms with Gasteiger partial charge in [0, 0.05) is 17.5 Å². The van der Waals surface area contributed by atoms with Gasteiger partial charge in [0.2, 0.25) is 0 Å². The summed E-state index contributed by atoms with van der Waals surface area (Å²) in [6.07, 6.45) is 1.82. The van der Waals surface area contributed by atoms with Crippen molar-refractivity contribution in [3.8, 4) is 11.1 Å². The summed E-state index contributed by atoms with van der Waals surface area (Å²) < 4.78 is 0. The molecule has 0 amide bonds. The highest BCUT2D eigenvalue weighted by atomic mass is 16.4. The maximum atomic E-state index is 11.3. The monoisotopic (exact) mass is 263 g/mol. The number of fused-ring (bicyclic) bond motifs is 1. The Morgan fingerprint density at radius 2 is 1.75 bits per heavy atom. The summed E-state index contributed by atoms with van der Waals surface area (Å²) in [6.45, 7) is 1.94. The van der Waals surface area contributed by atoms with Gasteiger partial charge in [-0.3, -0.25) is 4.98 Å². The summed E-state index contributed by atoms with van der Waals surface area (Å²) in [5, 5.41) is 10.9. The van der Waals surface area contributed by atoms with E-state index in [0.717, 1.165) is 27.6 Å². The highest BCUT2D eigenvalue weighted by molar-refractivity contribution is 6.08. The number of hydrogen-bond donors (Lipinski definition) is 1. The lowest BCUT2D eigenvalue weighted by atomic mass is 9.96. The van der Waals surface area contributed by atoms with E-state index in [4.69, 9.17) is 0 Å². The molecule has 3 heteroatoms. The van der Waals surface area contributed by atoms with Crippen LogP contribution in [0.15, 0.2) is 54.7 Å². The van der Waals surface area contributed by atoms with E-state index in [1.165, 1.54) is 0 Å². The number of aryl methyl sites for hydroxylation is 1. The molecule has 1 aromatic heterocycles. The van der Waals surface area contributed by atoms with Crippen molar-refractivity contribution in [3.63, 3.8) is 0 Å². The van der Waals surface area contributed by atoms with Crippen molar-refractivity contribution in [1.82, 2.24) is 4.98 Å². The highest BCUT2D eigenvalue weighted by Crippen LogP contribution is 2.30. The Hall–Kier alpha value is -2.68. The molecule has 0 aliphatic heterocycles. The summed E-state index contributed by atoms with van der Waals surface area (Å²) in [7, 11) is 0. The van der Waals surface area contributed by atoms with Gasteiger partial charge in [0.05, 0.1) is 5.56 Å². The van der Waals surface area contributed by atoms with Gasteiger partial charge >= 0.3 is 5.97 Å². The lowest BCUT2D eigenvalue weighted by Gasteiger charge is -2.08. The highest BCUT2D eigenvalue weighted by Gasteiger charge is 2.10. The third-order valence-electron chi connectivity index (χ3n) is 3.37. The Labute approximate surface area is 116 Å². The first-order valence-electron chi connectivity index (χ1n) is 6.35. The summed E-state index contributed by atoms with van der Waals surface area (Å²) in [4.78, 5) is 15.6. The van der Waals surface area contributed by atoms with Gasteiger partial charge in [-0.2, -0.15) is 0 Å². The van der Waals surface area contributed by atoms with Crippen molar-refractivity contribution in [3.05, 3.63) is 66.0 Å². The van der Waals surface area contributed by atoms with Gasteiger partial charge in [0.1, 0.15) is 0 Å². The number of carboxylic acid groups (broad SMARTS) is 1. The van der Waals surface area contributed by atoms with Crippen LogP contribution in [-0.4, -0.2) is 16.1 Å². The fraction of sp³-hybridized carbons (Fsp3) is 0.0588. The van der Waals surface area contributed by atoms with Crippen molar-refractivity contribution in [1.29, 1.82) is 0 Å². The van der Waals surface area contributed by atoms with Crippen molar-refractivity contribution in [2.45, 2.75) is 6.92 Å². The van der Waals surface area contributed by atoms with E-state index in [1.54, 1.807) is 12.1 Å². The molecule has 0 saturated heterocycles. The van der Waals surface area contributed by atoms with Crippen LogP contribution in [0.4, 0.5) is 0 Å². The molecule has 20 heavy (non-hydrogen) atoms. The molecular weight excluding hydrogens is 250 g/mol. The van der Waals surface area contributed by atoms with Crippen LogP contribution >= 0.6 is 0 Å². The van der Waals surface area contributed by atoms with Crippen LogP contribution in [0.2, 0.25) is 0 Å². The summed E-state index contributed by atoms with van der Waals surface area (Å²) >= 11 is 0. The maximum Gasteiger partial charge on any atom is 0.336 e. The minimum Gasteiger partial charge on any atom is -0.478 e. The van der Waals surface area contributed by atoms with E-state index in [2.05, 4.69) is 4.98 Å². The number of carboxylic acids is 1. The molecule has 2 aromatic carbocycles. The van der Waals surface area contributed by atoms with E-state index in [9.17, 15) is 9.90 Å². The molecule has 0 aliphatic rings. The van der Waals surface area contributed by atoms with Crippen molar-refractivity contribution in [2.75, 3.05) is 0 Å². The van der Waals surface area contributed by atoms with Gasteiger partial charge in [-0.1, -0.05) is 36.4 Å². The van der Waals surface area contributed by atoms with Crippen LogP contribution in [0.3, 0.4) is 0 Å². The number of pyridine rings is 1. The third kappa shape index (κ3) is 2.03. The summed E-state index contributed by atoms with van der Waals surface area (Å²) in [6, 6.07) is 15.0. The van der Waals surface area contributed by atoms with Gasteiger partial charge in [0.15, 0.2) is 0 Å². The van der Waals surface area contributed by atoms with Crippen molar-refractivity contribution < 1.29 is 9.90 Å². The number of rotatable bonds is 2. The number of carbonyl (C=O) groups is 1. The number of hydrogen-bond acceptors (Lipinski definition) is 2. The molecule has 3 rings (SSSR count). The van der Waals surface area contributed by atoms with Crippen molar-refractivity contribution in [2.24, 2.45) is 0 Å². The Morgan fingerprint density at radius 1 is 1.00 bits per heavy atom. The molecule has 0 unspecified atom stereocenters. The molecule has 1 heterocycles. The average Bonchev–Trinajstić information content (AvgIpc) is 2.47. The normalized spacial score (nSPS) is 10.7. The second-order valence-electron chi connectivity index (χ2n) is 4.70. The van der Waals surface area contributed by atoms with Gasteiger partial charge in [-0.15, -0.1) is 0 Å². The predicted octanol–water partition coefficient (Wildman–Crippen LogP) is 3.91. The lowest BCUT2D eigenvalue weighted by molar-refractivity contribution is 0.0699. The molecule has 98 valence electrons. The zero-order valence-electron chi connectivity index (χ0n) is 11.0. The minimum atomic E-state index is -0.908. The van der Waals surface area contributed by atoms with Crippen LogP contribution in [0, 0.1) is 6.92 Å². The molecule has 3 nitrogen and oxygen atoms in total. The van der Waals surface area contributed by atoms with Gasteiger partial charge in [0.25, 0.3) is 0 Å². The number of nitrogens with zero attached hydrogens (tertiary/aromatic N) is 1. The molecule has 0 atom stereocenters. The van der Waals surface area contributed by atoms with Gasteiger partial charge in [-0.25, -0.2) is 4.79 Å². The van der Waals surface area contributed by atoms with Gasteiger partial charge < -0.3 is 5.11 Å². The average molecular weight is 263 g/mol. The minimum absolute atomic E-state index is 0.324. The van der Waals surface area contributed by atoms with E-state index >= 15 is 0 Å². The van der Waals surface area contributed by atoms with Crippen molar-refractivity contribution >= 4 is 16.7 Å². The predicted molar refractivity (Wildman–Crippen MR) is 78.9 cm³/mol. The van der Waals surface area contributed by atoms with E-state index in [-0.39, 0.29) is 0 Å². The molecule has 0 spiro atoms. The number of aromatic carboxylic acids is 1. The SMILES string of the molecule is Cc1ccc(-c2cccc3c(C(=O)O)cccc23)cn1. The Morgan fingerprint density at radius 3 is 2.45 bits per heavy atom. The Balaban J connectivity index is 2.30. The molecule has 0 saturated carbocycles. The molecule has 0 bridgehead atoms. The van der Waals surface area contributed by atoms with Gasteiger partial charge in [-0.05, 0) is 35.4 Å². The topological polar surface area (TPSA) is 50.2 Å². The zero-order valence-corrected chi connectivity index (χ0v) is 11.0. The molecule has 0 radical (unpaired) electrons. The van der Waals surface area contributed by atoms with Crippen LogP contribution in [-0.2, 0) is 0 Å². The molecule has 0 fully saturated rings. The number of aromatic nitrogens is 1. The zero-order chi connectivity index (χ0) is 14.1. The van der Waals surface area contributed by atoms with E-state index in [1.807, 2.05) is 49.5 Å².